The Bertz CT molecular complexity index is 422. The maximum Gasteiger partial charge on any atom is 0.251 e. The van der Waals surface area contributed by atoms with Crippen LogP contribution in [0.4, 0.5) is 4.39 Å². The molecule has 17 heavy (non-hydrogen) atoms. The number of carbonyl (C=O) groups excluding carboxylic acids is 1. The summed E-state index contributed by atoms with van der Waals surface area (Å²) >= 11 is 0. The zero-order chi connectivity index (χ0) is 13.3. The van der Waals surface area contributed by atoms with Crippen LogP contribution in [0, 0.1) is 5.82 Å². The van der Waals surface area contributed by atoms with Gasteiger partial charge in [-0.2, -0.15) is 0 Å². The highest BCUT2D eigenvalue weighted by Gasteiger charge is 2.36. The van der Waals surface area contributed by atoms with Crippen molar-refractivity contribution in [1.82, 2.24) is 5.32 Å². The summed E-state index contributed by atoms with van der Waals surface area (Å²) in [5, 5.41) is 12.6. The molecule has 0 spiro atoms. The maximum atomic E-state index is 13.0. The molecule has 2 N–H and O–H groups in total. The summed E-state index contributed by atoms with van der Waals surface area (Å²) in [6, 6.07) is 5.44. The highest BCUT2D eigenvalue weighted by Crippen LogP contribution is 2.21. The number of aliphatic hydroxyl groups is 1. The Balaban J connectivity index is 2.87. The second-order valence-corrected chi connectivity index (χ2v) is 5.15. The molecular weight excluding hydrogens is 221 g/mol. The molecule has 4 heteroatoms. The van der Waals surface area contributed by atoms with Crippen molar-refractivity contribution in [2.75, 3.05) is 0 Å². The second-order valence-electron chi connectivity index (χ2n) is 5.15. The summed E-state index contributed by atoms with van der Waals surface area (Å²) in [6.45, 7) is 6.64. The predicted octanol–water partition coefficient (Wildman–Crippen LogP) is 2.10. The van der Waals surface area contributed by atoms with Gasteiger partial charge in [0.2, 0.25) is 0 Å². The van der Waals surface area contributed by atoms with Crippen LogP contribution < -0.4 is 5.32 Å². The quantitative estimate of drug-likeness (QED) is 0.848. The van der Waals surface area contributed by atoms with Crippen LogP contribution >= 0.6 is 0 Å². The first kappa shape index (κ1) is 13.6. The van der Waals surface area contributed by atoms with Crippen LogP contribution in [0.1, 0.15) is 38.1 Å². The number of benzene rings is 1. The van der Waals surface area contributed by atoms with Crippen molar-refractivity contribution < 1.29 is 14.3 Å². The molecule has 0 aliphatic carbocycles. The van der Waals surface area contributed by atoms with Gasteiger partial charge in [-0.15, -0.1) is 0 Å². The number of amides is 1. The first-order valence-corrected chi connectivity index (χ1v) is 5.44. The molecule has 1 rings (SSSR count). The molecule has 0 aromatic heterocycles. The molecule has 0 aliphatic rings. The van der Waals surface area contributed by atoms with Crippen molar-refractivity contribution in [2.45, 2.75) is 38.8 Å². The molecule has 0 unspecified atom stereocenters. The Hall–Kier alpha value is -1.42. The van der Waals surface area contributed by atoms with Crippen molar-refractivity contribution in [2.24, 2.45) is 0 Å². The number of hydrogen-bond donors (Lipinski definition) is 2. The van der Waals surface area contributed by atoms with Crippen molar-refractivity contribution in [3.63, 3.8) is 0 Å². The Morgan fingerprint density at radius 1 is 1.29 bits per heavy atom. The summed E-state index contributed by atoms with van der Waals surface area (Å²) in [5.74, 6) is -0.865. The Labute approximate surface area is 101 Å². The average Bonchev–Trinajstić information content (AvgIpc) is 2.15. The highest BCUT2D eigenvalue weighted by molar-refractivity contribution is 5.94. The third-order valence-electron chi connectivity index (χ3n) is 3.04. The number of nitrogens with one attached hydrogen (secondary N) is 1. The van der Waals surface area contributed by atoms with E-state index in [2.05, 4.69) is 5.32 Å². The van der Waals surface area contributed by atoms with Gasteiger partial charge in [0.15, 0.2) is 0 Å². The van der Waals surface area contributed by atoms with Gasteiger partial charge in [0.1, 0.15) is 5.82 Å². The zero-order valence-electron chi connectivity index (χ0n) is 10.5. The molecule has 0 bridgehead atoms. The van der Waals surface area contributed by atoms with Crippen LogP contribution in [0.5, 0.6) is 0 Å². The van der Waals surface area contributed by atoms with E-state index < -0.39 is 22.9 Å². The molecule has 1 amide bonds. The molecule has 0 radical (unpaired) electrons. The van der Waals surface area contributed by atoms with E-state index in [1.54, 1.807) is 27.7 Å². The van der Waals surface area contributed by atoms with E-state index in [1.807, 2.05) is 0 Å². The summed E-state index contributed by atoms with van der Waals surface area (Å²) < 4.78 is 13.0. The summed E-state index contributed by atoms with van der Waals surface area (Å²) in [7, 11) is 0. The van der Waals surface area contributed by atoms with Crippen LogP contribution in [0.15, 0.2) is 24.3 Å². The van der Waals surface area contributed by atoms with Crippen molar-refractivity contribution in [3.8, 4) is 0 Å². The van der Waals surface area contributed by atoms with E-state index in [-0.39, 0.29) is 5.56 Å². The largest absolute Gasteiger partial charge is 0.388 e. The van der Waals surface area contributed by atoms with Gasteiger partial charge in [-0.05, 0) is 45.9 Å². The Morgan fingerprint density at radius 3 is 2.35 bits per heavy atom. The standard InChI is InChI=1S/C13H18FNO2/c1-12(2,13(3,4)17)15-11(16)9-6-5-7-10(14)8-9/h5-8,17H,1-4H3,(H,15,16). The normalized spacial score (nSPS) is 12.4. The molecule has 0 atom stereocenters. The SMILES string of the molecule is CC(C)(O)C(C)(C)NC(=O)c1cccc(F)c1. The molecule has 0 fully saturated rings. The maximum absolute atomic E-state index is 13.0. The first-order chi connectivity index (χ1) is 7.63. The third kappa shape index (κ3) is 3.27. The Morgan fingerprint density at radius 2 is 1.88 bits per heavy atom. The number of carbonyl (C=O) groups is 1. The monoisotopic (exact) mass is 239 g/mol. The van der Waals surface area contributed by atoms with Gasteiger partial charge in [-0.1, -0.05) is 6.07 Å². The molecule has 3 nitrogen and oxygen atoms in total. The number of rotatable bonds is 3. The first-order valence-electron chi connectivity index (χ1n) is 5.44. The van der Waals surface area contributed by atoms with Crippen LogP contribution in [0.2, 0.25) is 0 Å². The summed E-state index contributed by atoms with van der Waals surface area (Å²) in [6.07, 6.45) is 0. The molecule has 0 aliphatic heterocycles. The van der Waals surface area contributed by atoms with Gasteiger partial charge in [0, 0.05) is 5.56 Å². The zero-order valence-corrected chi connectivity index (χ0v) is 10.5. The molecule has 1 aromatic rings. The topological polar surface area (TPSA) is 49.3 Å². The molecule has 94 valence electrons. The molecule has 0 heterocycles. The summed E-state index contributed by atoms with van der Waals surface area (Å²) in [5.41, 5.74) is -1.64. The lowest BCUT2D eigenvalue weighted by atomic mass is 9.86. The fourth-order valence-electron chi connectivity index (χ4n) is 1.14. The van der Waals surface area contributed by atoms with Crippen molar-refractivity contribution in [3.05, 3.63) is 35.6 Å². The lowest BCUT2D eigenvalue weighted by Crippen LogP contribution is -2.57. The fraction of sp³-hybridized carbons (Fsp3) is 0.462. The summed E-state index contributed by atoms with van der Waals surface area (Å²) in [4.78, 5) is 11.9. The van der Waals surface area contributed by atoms with Gasteiger partial charge < -0.3 is 10.4 Å². The van der Waals surface area contributed by atoms with Gasteiger partial charge in [-0.3, -0.25) is 4.79 Å². The van der Waals surface area contributed by atoms with Crippen LogP contribution in [-0.2, 0) is 0 Å². The van der Waals surface area contributed by atoms with E-state index in [9.17, 15) is 14.3 Å². The molecular formula is C13H18FNO2. The van der Waals surface area contributed by atoms with Crippen molar-refractivity contribution in [1.29, 1.82) is 0 Å². The Kier molecular flexibility index (Phi) is 3.57. The van der Waals surface area contributed by atoms with E-state index in [4.69, 9.17) is 0 Å². The van der Waals surface area contributed by atoms with E-state index in [0.29, 0.717) is 0 Å². The van der Waals surface area contributed by atoms with Crippen molar-refractivity contribution >= 4 is 5.91 Å². The number of hydrogen-bond acceptors (Lipinski definition) is 2. The minimum absolute atomic E-state index is 0.238. The lowest BCUT2D eigenvalue weighted by Gasteiger charge is -2.38. The fourth-order valence-corrected chi connectivity index (χ4v) is 1.14. The van der Waals surface area contributed by atoms with Crippen LogP contribution in [0.3, 0.4) is 0 Å². The highest BCUT2D eigenvalue weighted by atomic mass is 19.1. The smallest absolute Gasteiger partial charge is 0.251 e. The lowest BCUT2D eigenvalue weighted by molar-refractivity contribution is -0.00293. The van der Waals surface area contributed by atoms with Gasteiger partial charge in [0.25, 0.3) is 5.91 Å². The molecule has 0 saturated carbocycles. The van der Waals surface area contributed by atoms with Gasteiger partial charge in [0.05, 0.1) is 11.1 Å². The van der Waals surface area contributed by atoms with Crippen LogP contribution in [-0.4, -0.2) is 22.2 Å². The predicted molar refractivity (Wildman–Crippen MR) is 64.2 cm³/mol. The van der Waals surface area contributed by atoms with E-state index in [0.717, 1.165) is 6.07 Å². The minimum atomic E-state index is -1.07. The van der Waals surface area contributed by atoms with E-state index >= 15 is 0 Å². The van der Waals surface area contributed by atoms with Gasteiger partial charge in [-0.25, -0.2) is 4.39 Å². The van der Waals surface area contributed by atoms with Gasteiger partial charge >= 0.3 is 0 Å². The molecule has 1 aromatic carbocycles. The third-order valence-corrected chi connectivity index (χ3v) is 3.04. The van der Waals surface area contributed by atoms with Crippen LogP contribution in [0.25, 0.3) is 0 Å². The number of halogens is 1. The van der Waals surface area contributed by atoms with E-state index in [1.165, 1.54) is 18.2 Å². The molecule has 0 saturated heterocycles. The minimum Gasteiger partial charge on any atom is -0.388 e. The average molecular weight is 239 g/mol. The second kappa shape index (κ2) is 4.45.